The molecular weight excluding hydrogens is 341 g/mol. The summed E-state index contributed by atoms with van der Waals surface area (Å²) in [6, 6.07) is 3.26. The van der Waals surface area contributed by atoms with Gasteiger partial charge in [-0.3, -0.25) is 4.79 Å². The standard InChI is InChI=1S/C15H15Cl2N3O3/c16-9-5-10(17)7-12(6-9)20-13(21)8-19(15(20)23)14(22)18-11-3-1-2-4-11/h5-7,11H,1-4,8H2,(H,18,22). The smallest absolute Gasteiger partial charge is 0.335 e. The van der Waals surface area contributed by atoms with Crippen LogP contribution in [0.2, 0.25) is 10.0 Å². The Kier molecular flexibility index (Phi) is 4.46. The van der Waals surface area contributed by atoms with Gasteiger partial charge in [-0.15, -0.1) is 0 Å². The highest BCUT2D eigenvalue weighted by molar-refractivity contribution is 6.35. The first kappa shape index (κ1) is 16.1. The van der Waals surface area contributed by atoms with Crippen LogP contribution in [0.3, 0.4) is 0 Å². The van der Waals surface area contributed by atoms with Crippen molar-refractivity contribution < 1.29 is 14.4 Å². The number of halogens is 2. The molecule has 1 aliphatic carbocycles. The number of hydrogen-bond donors (Lipinski definition) is 1. The summed E-state index contributed by atoms with van der Waals surface area (Å²) in [7, 11) is 0. The van der Waals surface area contributed by atoms with E-state index in [0.717, 1.165) is 35.5 Å². The third kappa shape index (κ3) is 3.28. The monoisotopic (exact) mass is 355 g/mol. The van der Waals surface area contributed by atoms with Gasteiger partial charge in [0.15, 0.2) is 0 Å². The van der Waals surface area contributed by atoms with Crippen molar-refractivity contribution in [3.8, 4) is 0 Å². The van der Waals surface area contributed by atoms with Gasteiger partial charge in [0, 0.05) is 16.1 Å². The summed E-state index contributed by atoms with van der Waals surface area (Å²) in [5, 5.41) is 3.42. The molecule has 1 saturated carbocycles. The van der Waals surface area contributed by atoms with E-state index in [4.69, 9.17) is 23.2 Å². The SMILES string of the molecule is O=C(NC1CCCC1)N1CC(=O)N(c2cc(Cl)cc(Cl)c2)C1=O. The van der Waals surface area contributed by atoms with Gasteiger partial charge in [-0.1, -0.05) is 36.0 Å². The number of anilines is 1. The lowest BCUT2D eigenvalue weighted by Crippen LogP contribution is -2.46. The summed E-state index contributed by atoms with van der Waals surface area (Å²) in [4.78, 5) is 38.7. The maximum absolute atomic E-state index is 12.4. The van der Waals surface area contributed by atoms with Gasteiger partial charge in [-0.05, 0) is 31.0 Å². The number of carbonyl (C=O) groups is 3. The molecule has 1 saturated heterocycles. The van der Waals surface area contributed by atoms with Crippen LogP contribution in [0.15, 0.2) is 18.2 Å². The van der Waals surface area contributed by atoms with Crippen molar-refractivity contribution in [3.05, 3.63) is 28.2 Å². The molecule has 1 aromatic rings. The van der Waals surface area contributed by atoms with Gasteiger partial charge in [-0.2, -0.15) is 0 Å². The highest BCUT2D eigenvalue weighted by atomic mass is 35.5. The second-order valence-corrected chi connectivity index (χ2v) is 6.53. The van der Waals surface area contributed by atoms with Crippen LogP contribution in [0.4, 0.5) is 15.3 Å². The van der Waals surface area contributed by atoms with E-state index in [2.05, 4.69) is 5.32 Å². The van der Waals surface area contributed by atoms with Crippen LogP contribution in [0.1, 0.15) is 25.7 Å². The zero-order chi connectivity index (χ0) is 16.6. The fourth-order valence-electron chi connectivity index (χ4n) is 2.91. The molecule has 3 rings (SSSR count). The molecular formula is C15H15Cl2N3O3. The van der Waals surface area contributed by atoms with Gasteiger partial charge in [0.1, 0.15) is 6.54 Å². The number of nitrogens with one attached hydrogen (secondary N) is 1. The molecule has 23 heavy (non-hydrogen) atoms. The first-order valence-electron chi connectivity index (χ1n) is 7.37. The number of rotatable bonds is 2. The highest BCUT2D eigenvalue weighted by Gasteiger charge is 2.41. The Morgan fingerprint density at radius 3 is 2.30 bits per heavy atom. The lowest BCUT2D eigenvalue weighted by atomic mass is 10.2. The molecule has 5 amide bonds. The van der Waals surface area contributed by atoms with Gasteiger partial charge < -0.3 is 5.32 Å². The molecule has 1 aromatic carbocycles. The molecule has 0 radical (unpaired) electrons. The van der Waals surface area contributed by atoms with Crippen molar-refractivity contribution in [2.45, 2.75) is 31.7 Å². The zero-order valence-electron chi connectivity index (χ0n) is 12.2. The van der Waals surface area contributed by atoms with Crippen LogP contribution in [-0.2, 0) is 4.79 Å². The number of amides is 5. The molecule has 1 N–H and O–H groups in total. The molecule has 1 aliphatic heterocycles. The van der Waals surface area contributed by atoms with Crippen LogP contribution in [0.5, 0.6) is 0 Å². The van der Waals surface area contributed by atoms with Crippen LogP contribution in [-0.4, -0.2) is 35.5 Å². The molecule has 6 nitrogen and oxygen atoms in total. The van der Waals surface area contributed by atoms with Crippen molar-refractivity contribution in [3.63, 3.8) is 0 Å². The molecule has 8 heteroatoms. The Bertz CT molecular complexity index is 654. The van der Waals surface area contributed by atoms with Crippen molar-refractivity contribution in [1.82, 2.24) is 10.2 Å². The highest BCUT2D eigenvalue weighted by Crippen LogP contribution is 2.28. The van der Waals surface area contributed by atoms with Crippen LogP contribution in [0.25, 0.3) is 0 Å². The van der Waals surface area contributed by atoms with E-state index >= 15 is 0 Å². The molecule has 1 heterocycles. The second-order valence-electron chi connectivity index (χ2n) is 5.66. The fraction of sp³-hybridized carbons (Fsp3) is 0.400. The molecule has 0 unspecified atom stereocenters. The van der Waals surface area contributed by atoms with Crippen LogP contribution >= 0.6 is 23.2 Å². The van der Waals surface area contributed by atoms with E-state index in [9.17, 15) is 14.4 Å². The van der Waals surface area contributed by atoms with E-state index in [-0.39, 0.29) is 18.3 Å². The van der Waals surface area contributed by atoms with Crippen molar-refractivity contribution in [2.75, 3.05) is 11.4 Å². The number of nitrogens with zero attached hydrogens (tertiary/aromatic N) is 2. The minimum Gasteiger partial charge on any atom is -0.335 e. The van der Waals surface area contributed by atoms with Gasteiger partial charge in [0.05, 0.1) is 5.69 Å². The Labute approximate surface area is 143 Å². The minimum absolute atomic E-state index is 0.0695. The summed E-state index contributed by atoms with van der Waals surface area (Å²) >= 11 is 11.8. The Morgan fingerprint density at radius 2 is 1.70 bits per heavy atom. The number of carbonyl (C=O) groups excluding carboxylic acids is 3. The van der Waals surface area contributed by atoms with E-state index in [0.29, 0.717) is 10.0 Å². The molecule has 0 atom stereocenters. The second kappa shape index (κ2) is 6.37. The number of urea groups is 2. The van der Waals surface area contributed by atoms with Gasteiger partial charge in [0.2, 0.25) is 0 Å². The number of imide groups is 2. The van der Waals surface area contributed by atoms with Crippen molar-refractivity contribution in [2.24, 2.45) is 0 Å². The molecule has 2 aliphatic rings. The lowest BCUT2D eigenvalue weighted by molar-refractivity contribution is -0.116. The quantitative estimate of drug-likeness (QED) is 0.826. The summed E-state index contributed by atoms with van der Waals surface area (Å²) < 4.78 is 0. The van der Waals surface area contributed by atoms with Gasteiger partial charge >= 0.3 is 12.1 Å². The summed E-state index contributed by atoms with van der Waals surface area (Å²) in [6.45, 7) is -0.290. The van der Waals surface area contributed by atoms with Crippen LogP contribution < -0.4 is 10.2 Å². The van der Waals surface area contributed by atoms with Crippen LogP contribution in [0, 0.1) is 0 Å². The number of hydrogen-bond acceptors (Lipinski definition) is 3. The lowest BCUT2D eigenvalue weighted by Gasteiger charge is -2.19. The van der Waals surface area contributed by atoms with Gasteiger partial charge in [-0.25, -0.2) is 19.4 Å². The minimum atomic E-state index is -0.691. The largest absolute Gasteiger partial charge is 0.340 e. The topological polar surface area (TPSA) is 69.7 Å². The Balaban J connectivity index is 1.77. The molecule has 0 spiro atoms. The first-order chi connectivity index (χ1) is 11.0. The van der Waals surface area contributed by atoms with E-state index in [1.807, 2.05) is 0 Å². The zero-order valence-corrected chi connectivity index (χ0v) is 13.7. The summed E-state index contributed by atoms with van der Waals surface area (Å²) in [6.07, 6.45) is 3.92. The molecule has 2 fully saturated rings. The van der Waals surface area contributed by atoms with Crippen molar-refractivity contribution in [1.29, 1.82) is 0 Å². The predicted octanol–water partition coefficient (Wildman–Crippen LogP) is 3.41. The summed E-state index contributed by atoms with van der Waals surface area (Å²) in [5.74, 6) is -0.491. The van der Waals surface area contributed by atoms with E-state index < -0.39 is 18.0 Å². The average Bonchev–Trinajstić information content (AvgIpc) is 3.06. The molecule has 0 bridgehead atoms. The average molecular weight is 356 g/mol. The normalized spacial score (nSPS) is 18.9. The van der Waals surface area contributed by atoms with Gasteiger partial charge in [0.25, 0.3) is 5.91 Å². The van der Waals surface area contributed by atoms with E-state index in [1.54, 1.807) is 0 Å². The fourth-order valence-corrected chi connectivity index (χ4v) is 3.42. The summed E-state index contributed by atoms with van der Waals surface area (Å²) in [5.41, 5.74) is 0.258. The Hall–Kier alpha value is -1.79. The molecule has 0 aromatic heterocycles. The first-order valence-corrected chi connectivity index (χ1v) is 8.12. The van der Waals surface area contributed by atoms with Crippen molar-refractivity contribution >= 4 is 46.9 Å². The third-order valence-electron chi connectivity index (χ3n) is 4.00. The number of benzene rings is 1. The predicted molar refractivity (Wildman–Crippen MR) is 86.8 cm³/mol. The maximum Gasteiger partial charge on any atom is 0.340 e. The van der Waals surface area contributed by atoms with E-state index in [1.165, 1.54) is 18.2 Å². The maximum atomic E-state index is 12.4. The Morgan fingerprint density at radius 1 is 1.09 bits per heavy atom. The molecule has 122 valence electrons. The third-order valence-corrected chi connectivity index (χ3v) is 4.43.